The average molecular weight is 444 g/mol. The van der Waals surface area contributed by atoms with Crippen molar-refractivity contribution in [2.24, 2.45) is 0 Å². The number of fused-ring (bicyclic) bond motifs is 1. The maximum atomic E-state index is 12.4. The van der Waals surface area contributed by atoms with E-state index in [1.54, 1.807) is 18.5 Å². The molecular formula is C24H18ClN5O2. The molecule has 0 aliphatic heterocycles. The van der Waals surface area contributed by atoms with E-state index in [9.17, 15) is 4.79 Å². The number of nitrogens with one attached hydrogen (secondary N) is 1. The molecule has 2 aromatic carbocycles. The SMILES string of the molecule is O=C(CCc1ncc(-c2ccccc2Cl)o1)Nc1ccc(-c2cn3cccnc3n2)cc1. The van der Waals surface area contributed by atoms with E-state index in [0.717, 1.165) is 16.8 Å². The fourth-order valence-corrected chi connectivity index (χ4v) is 3.58. The molecule has 7 nitrogen and oxygen atoms in total. The molecule has 0 bridgehead atoms. The second kappa shape index (κ2) is 8.64. The number of nitrogens with zero attached hydrogens (tertiary/aromatic N) is 4. The average Bonchev–Trinajstić information content (AvgIpc) is 3.46. The predicted molar refractivity (Wildman–Crippen MR) is 122 cm³/mol. The van der Waals surface area contributed by atoms with Gasteiger partial charge < -0.3 is 9.73 Å². The van der Waals surface area contributed by atoms with Crippen molar-refractivity contribution in [2.75, 3.05) is 5.32 Å². The van der Waals surface area contributed by atoms with Crippen LogP contribution in [-0.4, -0.2) is 25.3 Å². The lowest BCUT2D eigenvalue weighted by molar-refractivity contribution is -0.116. The van der Waals surface area contributed by atoms with Gasteiger partial charge in [-0.25, -0.2) is 15.0 Å². The summed E-state index contributed by atoms with van der Waals surface area (Å²) in [6.07, 6.45) is 7.80. The molecule has 1 N–H and O–H groups in total. The highest BCUT2D eigenvalue weighted by molar-refractivity contribution is 6.33. The highest BCUT2D eigenvalue weighted by Crippen LogP contribution is 2.28. The third-order valence-electron chi connectivity index (χ3n) is 4.96. The number of anilines is 1. The minimum absolute atomic E-state index is 0.118. The van der Waals surface area contributed by atoms with Crippen molar-refractivity contribution < 1.29 is 9.21 Å². The fourth-order valence-electron chi connectivity index (χ4n) is 3.35. The summed E-state index contributed by atoms with van der Waals surface area (Å²) in [5, 5.41) is 3.49. The number of benzene rings is 2. The maximum absolute atomic E-state index is 12.4. The van der Waals surface area contributed by atoms with Gasteiger partial charge in [-0.15, -0.1) is 0 Å². The molecule has 0 unspecified atom stereocenters. The second-order valence-electron chi connectivity index (χ2n) is 7.18. The van der Waals surface area contributed by atoms with E-state index in [4.69, 9.17) is 16.0 Å². The van der Waals surface area contributed by atoms with Crippen LogP contribution in [0.4, 0.5) is 5.69 Å². The summed E-state index contributed by atoms with van der Waals surface area (Å²) < 4.78 is 7.62. The van der Waals surface area contributed by atoms with Gasteiger partial charge in [-0.3, -0.25) is 9.20 Å². The van der Waals surface area contributed by atoms with Gasteiger partial charge in [0, 0.05) is 48.2 Å². The molecule has 0 spiro atoms. The van der Waals surface area contributed by atoms with Crippen LogP contribution < -0.4 is 5.32 Å². The van der Waals surface area contributed by atoms with E-state index >= 15 is 0 Å². The van der Waals surface area contributed by atoms with Gasteiger partial charge in [-0.2, -0.15) is 0 Å². The quantitative estimate of drug-likeness (QED) is 0.386. The Kier molecular flexibility index (Phi) is 5.39. The predicted octanol–water partition coefficient (Wildman–Crippen LogP) is 5.28. The topological polar surface area (TPSA) is 85.3 Å². The first-order chi connectivity index (χ1) is 15.7. The number of hydrogen-bond acceptors (Lipinski definition) is 5. The molecule has 5 aromatic rings. The number of carbonyl (C=O) groups excluding carboxylic acids is 1. The van der Waals surface area contributed by atoms with Crippen molar-refractivity contribution in [3.8, 4) is 22.6 Å². The number of hydrogen-bond donors (Lipinski definition) is 1. The number of halogens is 1. The molecule has 0 saturated heterocycles. The van der Waals surface area contributed by atoms with E-state index in [2.05, 4.69) is 20.3 Å². The Bertz CT molecular complexity index is 1360. The number of rotatable bonds is 6. The van der Waals surface area contributed by atoms with Gasteiger partial charge in [0.05, 0.1) is 16.9 Å². The van der Waals surface area contributed by atoms with Gasteiger partial charge >= 0.3 is 0 Å². The summed E-state index contributed by atoms with van der Waals surface area (Å²) in [6.45, 7) is 0. The molecule has 32 heavy (non-hydrogen) atoms. The van der Waals surface area contributed by atoms with Gasteiger partial charge in [0.25, 0.3) is 0 Å². The minimum atomic E-state index is -0.118. The lowest BCUT2D eigenvalue weighted by atomic mass is 10.1. The van der Waals surface area contributed by atoms with Gasteiger partial charge in [-0.05, 0) is 30.3 Å². The lowest BCUT2D eigenvalue weighted by Crippen LogP contribution is -2.12. The zero-order valence-electron chi connectivity index (χ0n) is 16.9. The van der Waals surface area contributed by atoms with Crippen LogP contribution in [0.3, 0.4) is 0 Å². The summed E-state index contributed by atoms with van der Waals surface area (Å²) in [6, 6.07) is 16.8. The number of aromatic nitrogens is 4. The smallest absolute Gasteiger partial charge is 0.234 e. The number of carbonyl (C=O) groups is 1. The summed E-state index contributed by atoms with van der Waals surface area (Å²) in [4.78, 5) is 25.4. The van der Waals surface area contributed by atoms with Gasteiger partial charge in [-0.1, -0.05) is 35.9 Å². The molecule has 158 valence electrons. The van der Waals surface area contributed by atoms with E-state index in [0.29, 0.717) is 34.6 Å². The first kappa shape index (κ1) is 20.0. The van der Waals surface area contributed by atoms with Crippen molar-refractivity contribution in [3.05, 3.63) is 90.3 Å². The van der Waals surface area contributed by atoms with Crippen molar-refractivity contribution >= 4 is 29.0 Å². The number of aryl methyl sites for hydroxylation is 1. The zero-order chi connectivity index (χ0) is 21.9. The molecule has 0 atom stereocenters. The Morgan fingerprint density at radius 2 is 1.91 bits per heavy atom. The van der Waals surface area contributed by atoms with E-state index < -0.39 is 0 Å². The molecule has 0 radical (unpaired) electrons. The summed E-state index contributed by atoms with van der Waals surface area (Å²) in [7, 11) is 0. The second-order valence-corrected chi connectivity index (χ2v) is 7.58. The first-order valence-electron chi connectivity index (χ1n) is 10.1. The van der Waals surface area contributed by atoms with Crippen molar-refractivity contribution in [1.82, 2.24) is 19.4 Å². The van der Waals surface area contributed by atoms with Crippen LogP contribution in [0.1, 0.15) is 12.3 Å². The van der Waals surface area contributed by atoms with Gasteiger partial charge in [0.1, 0.15) is 0 Å². The third-order valence-corrected chi connectivity index (χ3v) is 5.29. The van der Waals surface area contributed by atoms with Crippen LogP contribution in [0.15, 0.2) is 83.8 Å². The highest BCUT2D eigenvalue weighted by atomic mass is 35.5. The molecule has 0 aliphatic rings. The largest absolute Gasteiger partial charge is 0.441 e. The molecule has 5 rings (SSSR count). The Morgan fingerprint density at radius 3 is 2.72 bits per heavy atom. The summed E-state index contributed by atoms with van der Waals surface area (Å²) >= 11 is 6.20. The molecule has 0 aliphatic carbocycles. The van der Waals surface area contributed by atoms with E-state index in [1.165, 1.54) is 0 Å². The standard InChI is InChI=1S/C24H18ClN5O2/c25-19-5-2-1-4-18(19)21-14-27-23(32-21)11-10-22(31)28-17-8-6-16(7-9-17)20-15-30-13-3-12-26-24(30)29-20/h1-9,12-15H,10-11H2,(H,28,31). The molecule has 3 heterocycles. The van der Waals surface area contributed by atoms with Crippen LogP contribution in [0.25, 0.3) is 28.4 Å². The number of oxazole rings is 1. The Morgan fingerprint density at radius 1 is 1.06 bits per heavy atom. The zero-order valence-corrected chi connectivity index (χ0v) is 17.7. The molecule has 1 amide bonds. The number of imidazole rings is 1. The monoisotopic (exact) mass is 443 g/mol. The Hall–Kier alpha value is -3.97. The fraction of sp³-hybridized carbons (Fsp3) is 0.0833. The maximum Gasteiger partial charge on any atom is 0.234 e. The molecule has 3 aromatic heterocycles. The summed E-state index contributed by atoms with van der Waals surface area (Å²) in [5.74, 6) is 1.60. The lowest BCUT2D eigenvalue weighted by Gasteiger charge is -2.05. The first-order valence-corrected chi connectivity index (χ1v) is 10.4. The molecular weight excluding hydrogens is 426 g/mol. The van der Waals surface area contributed by atoms with Crippen molar-refractivity contribution in [1.29, 1.82) is 0 Å². The minimum Gasteiger partial charge on any atom is -0.441 e. The van der Waals surface area contributed by atoms with Crippen LogP contribution in [0.5, 0.6) is 0 Å². The van der Waals surface area contributed by atoms with Crippen LogP contribution >= 0.6 is 11.6 Å². The highest BCUT2D eigenvalue weighted by Gasteiger charge is 2.12. The Labute approximate surface area is 188 Å². The van der Waals surface area contributed by atoms with Crippen LogP contribution in [0.2, 0.25) is 5.02 Å². The van der Waals surface area contributed by atoms with Crippen LogP contribution in [0, 0.1) is 0 Å². The van der Waals surface area contributed by atoms with Gasteiger partial charge in [0.2, 0.25) is 11.7 Å². The summed E-state index contributed by atoms with van der Waals surface area (Å²) in [5.41, 5.74) is 3.25. The van der Waals surface area contributed by atoms with E-state index in [1.807, 2.05) is 65.3 Å². The van der Waals surface area contributed by atoms with Crippen LogP contribution in [-0.2, 0) is 11.2 Å². The van der Waals surface area contributed by atoms with Crippen molar-refractivity contribution in [2.45, 2.75) is 12.8 Å². The van der Waals surface area contributed by atoms with E-state index in [-0.39, 0.29) is 12.3 Å². The Balaban J connectivity index is 1.19. The van der Waals surface area contributed by atoms with Gasteiger partial charge in [0.15, 0.2) is 11.7 Å². The third kappa shape index (κ3) is 4.24. The number of amides is 1. The molecule has 0 saturated carbocycles. The molecule has 8 heteroatoms. The van der Waals surface area contributed by atoms with Crippen molar-refractivity contribution in [3.63, 3.8) is 0 Å². The normalized spacial score (nSPS) is 11.0. The molecule has 0 fully saturated rings.